The Hall–Kier alpha value is -3.36. The van der Waals surface area contributed by atoms with Gasteiger partial charge >= 0.3 is 0 Å². The third-order valence-electron chi connectivity index (χ3n) is 4.85. The highest BCUT2D eigenvalue weighted by Crippen LogP contribution is 2.53. The van der Waals surface area contributed by atoms with Crippen molar-refractivity contribution in [1.29, 1.82) is 0 Å². The summed E-state index contributed by atoms with van der Waals surface area (Å²) in [4.78, 5) is 15.3. The predicted octanol–water partition coefficient (Wildman–Crippen LogP) is 3.22. The SMILES string of the molecule is Cc1ccccc1C1(c2noc(-c3cc(C(F)F)n(C=CC(N)=O)n3)n2)CC1. The number of aryl methyl sites for hydroxylation is 1. The number of primary amides is 1. The number of hydrogen-bond donors (Lipinski definition) is 1. The number of aromatic nitrogens is 4. The molecular formula is C19H17F2N5O2. The molecule has 0 bridgehead atoms. The van der Waals surface area contributed by atoms with E-state index in [0.29, 0.717) is 5.82 Å². The second-order valence-corrected chi connectivity index (χ2v) is 6.74. The van der Waals surface area contributed by atoms with Crippen molar-refractivity contribution in [1.82, 2.24) is 19.9 Å². The zero-order valence-electron chi connectivity index (χ0n) is 15.0. The Morgan fingerprint density at radius 2 is 2.11 bits per heavy atom. The zero-order chi connectivity index (χ0) is 19.9. The molecule has 7 nitrogen and oxygen atoms in total. The van der Waals surface area contributed by atoms with Gasteiger partial charge in [0.2, 0.25) is 5.91 Å². The van der Waals surface area contributed by atoms with Crippen molar-refractivity contribution in [3.05, 3.63) is 59.1 Å². The number of nitrogens with two attached hydrogens (primary N) is 1. The molecule has 0 aliphatic heterocycles. The summed E-state index contributed by atoms with van der Waals surface area (Å²) in [5.41, 5.74) is 6.65. The highest BCUT2D eigenvalue weighted by Gasteiger charge is 2.50. The van der Waals surface area contributed by atoms with Crippen LogP contribution in [0.3, 0.4) is 0 Å². The van der Waals surface area contributed by atoms with Crippen molar-refractivity contribution in [3.8, 4) is 11.6 Å². The van der Waals surface area contributed by atoms with Gasteiger partial charge in [-0.15, -0.1) is 0 Å². The van der Waals surface area contributed by atoms with Gasteiger partial charge in [-0.2, -0.15) is 10.1 Å². The van der Waals surface area contributed by atoms with Crippen molar-refractivity contribution in [2.24, 2.45) is 5.73 Å². The minimum atomic E-state index is -2.80. The van der Waals surface area contributed by atoms with E-state index in [4.69, 9.17) is 10.3 Å². The topological polar surface area (TPSA) is 99.8 Å². The Morgan fingerprint density at radius 1 is 1.36 bits per heavy atom. The van der Waals surface area contributed by atoms with Gasteiger partial charge in [0.25, 0.3) is 12.3 Å². The maximum absolute atomic E-state index is 13.3. The van der Waals surface area contributed by atoms with Gasteiger partial charge in [-0.05, 0) is 37.0 Å². The molecule has 0 radical (unpaired) electrons. The molecule has 144 valence electrons. The van der Waals surface area contributed by atoms with Crippen LogP contribution in [-0.4, -0.2) is 25.8 Å². The average Bonchev–Trinajstić information content (AvgIpc) is 3.12. The third kappa shape index (κ3) is 3.08. The fraction of sp³-hybridized carbons (Fsp3) is 0.263. The average molecular weight is 385 g/mol. The largest absolute Gasteiger partial charge is 0.366 e. The number of hydrogen-bond acceptors (Lipinski definition) is 5. The van der Waals surface area contributed by atoms with E-state index >= 15 is 0 Å². The Labute approximate surface area is 158 Å². The van der Waals surface area contributed by atoms with Crippen LogP contribution in [0.25, 0.3) is 17.8 Å². The molecule has 0 atom stereocenters. The van der Waals surface area contributed by atoms with Crippen LogP contribution in [0.15, 0.2) is 40.9 Å². The Morgan fingerprint density at radius 3 is 2.75 bits per heavy atom. The molecule has 0 saturated heterocycles. The molecule has 2 aromatic heterocycles. The molecule has 1 aliphatic rings. The third-order valence-corrected chi connectivity index (χ3v) is 4.85. The maximum Gasteiger partial charge on any atom is 0.280 e. The molecule has 4 rings (SSSR count). The van der Waals surface area contributed by atoms with Crippen LogP contribution in [-0.2, 0) is 10.2 Å². The number of amides is 1. The highest BCUT2D eigenvalue weighted by molar-refractivity contribution is 5.88. The number of rotatable bonds is 6. The van der Waals surface area contributed by atoms with E-state index in [2.05, 4.69) is 15.2 Å². The van der Waals surface area contributed by atoms with Crippen LogP contribution in [0.4, 0.5) is 8.78 Å². The van der Waals surface area contributed by atoms with Gasteiger partial charge in [0.1, 0.15) is 5.69 Å². The first-order valence-corrected chi connectivity index (χ1v) is 8.66. The lowest BCUT2D eigenvalue weighted by atomic mass is 9.91. The van der Waals surface area contributed by atoms with Gasteiger partial charge in [0.15, 0.2) is 11.5 Å². The molecule has 0 spiro atoms. The first-order chi connectivity index (χ1) is 13.4. The molecule has 1 aliphatic carbocycles. The second kappa shape index (κ2) is 6.66. The van der Waals surface area contributed by atoms with E-state index in [1.54, 1.807) is 0 Å². The number of carbonyl (C=O) groups excluding carboxylic acids is 1. The quantitative estimate of drug-likeness (QED) is 0.657. The fourth-order valence-corrected chi connectivity index (χ4v) is 3.31. The minimum absolute atomic E-state index is 0.0444. The van der Waals surface area contributed by atoms with E-state index in [1.807, 2.05) is 31.2 Å². The first-order valence-electron chi connectivity index (χ1n) is 8.66. The van der Waals surface area contributed by atoms with Crippen LogP contribution in [0.1, 0.15) is 41.9 Å². The first kappa shape index (κ1) is 18.0. The summed E-state index contributed by atoms with van der Waals surface area (Å²) >= 11 is 0. The van der Waals surface area contributed by atoms with Crippen molar-refractivity contribution in [3.63, 3.8) is 0 Å². The van der Waals surface area contributed by atoms with Crippen molar-refractivity contribution >= 4 is 12.1 Å². The molecule has 3 aromatic rings. The lowest BCUT2D eigenvalue weighted by molar-refractivity contribution is -0.113. The van der Waals surface area contributed by atoms with Crippen LogP contribution in [0.5, 0.6) is 0 Å². The number of halogens is 2. The van der Waals surface area contributed by atoms with Gasteiger partial charge in [-0.3, -0.25) is 4.79 Å². The normalized spacial score (nSPS) is 15.4. The molecule has 1 amide bonds. The summed E-state index contributed by atoms with van der Waals surface area (Å²) in [6.07, 6.45) is 0.978. The Bertz CT molecular complexity index is 1070. The van der Waals surface area contributed by atoms with Crippen molar-refractivity contribution < 1.29 is 18.1 Å². The molecule has 2 heterocycles. The summed E-state index contributed by atoms with van der Waals surface area (Å²) in [7, 11) is 0. The highest BCUT2D eigenvalue weighted by atomic mass is 19.3. The fourth-order valence-electron chi connectivity index (χ4n) is 3.31. The smallest absolute Gasteiger partial charge is 0.280 e. The summed E-state index contributed by atoms with van der Waals surface area (Å²) in [5, 5.41) is 8.11. The van der Waals surface area contributed by atoms with E-state index < -0.39 is 18.0 Å². The number of carbonyl (C=O) groups is 1. The summed E-state index contributed by atoms with van der Waals surface area (Å²) in [6, 6.07) is 9.15. The summed E-state index contributed by atoms with van der Waals surface area (Å²) in [6.45, 7) is 2.03. The number of alkyl halides is 2. The van der Waals surface area contributed by atoms with Gasteiger partial charge in [0, 0.05) is 12.3 Å². The molecule has 1 fully saturated rings. The monoisotopic (exact) mass is 385 g/mol. The molecule has 1 aromatic carbocycles. The van der Waals surface area contributed by atoms with E-state index in [0.717, 1.165) is 47.0 Å². The maximum atomic E-state index is 13.3. The zero-order valence-corrected chi connectivity index (χ0v) is 15.0. The second-order valence-electron chi connectivity index (χ2n) is 6.74. The van der Waals surface area contributed by atoms with Crippen LogP contribution >= 0.6 is 0 Å². The van der Waals surface area contributed by atoms with Gasteiger partial charge in [-0.1, -0.05) is 29.4 Å². The number of benzene rings is 1. The van der Waals surface area contributed by atoms with E-state index in [9.17, 15) is 13.6 Å². The molecular weight excluding hydrogens is 368 g/mol. The Balaban J connectivity index is 1.70. The number of nitrogens with zero attached hydrogens (tertiary/aromatic N) is 4. The molecule has 2 N–H and O–H groups in total. The van der Waals surface area contributed by atoms with Crippen LogP contribution < -0.4 is 5.73 Å². The van der Waals surface area contributed by atoms with Gasteiger partial charge in [-0.25, -0.2) is 13.5 Å². The van der Waals surface area contributed by atoms with E-state index in [-0.39, 0.29) is 17.0 Å². The van der Waals surface area contributed by atoms with Crippen LogP contribution in [0, 0.1) is 6.92 Å². The van der Waals surface area contributed by atoms with Crippen LogP contribution in [0.2, 0.25) is 0 Å². The minimum Gasteiger partial charge on any atom is -0.366 e. The lowest BCUT2D eigenvalue weighted by Gasteiger charge is -2.13. The van der Waals surface area contributed by atoms with E-state index in [1.165, 1.54) is 0 Å². The van der Waals surface area contributed by atoms with Gasteiger partial charge < -0.3 is 10.3 Å². The molecule has 0 unspecified atom stereocenters. The summed E-state index contributed by atoms with van der Waals surface area (Å²) in [5.74, 6) is -0.216. The molecule has 9 heteroatoms. The van der Waals surface area contributed by atoms with Gasteiger partial charge in [0.05, 0.1) is 5.41 Å². The van der Waals surface area contributed by atoms with Crippen molar-refractivity contribution in [2.45, 2.75) is 31.6 Å². The van der Waals surface area contributed by atoms with Crippen molar-refractivity contribution in [2.75, 3.05) is 0 Å². The molecule has 1 saturated carbocycles. The standard InChI is InChI=1S/C19H17F2N5O2/c1-11-4-2-3-5-12(11)19(7-8-19)18-23-17(28-25-18)13-10-14(16(20)21)26(24-13)9-6-15(22)27/h2-6,9-10,16H,7-8H2,1H3,(H2,22,27). The summed E-state index contributed by atoms with van der Waals surface area (Å²) < 4.78 is 32.7. The predicted molar refractivity (Wildman–Crippen MR) is 96.2 cm³/mol. The lowest BCUT2D eigenvalue weighted by Crippen LogP contribution is -2.12. The molecule has 28 heavy (non-hydrogen) atoms. The Kier molecular flexibility index (Phi) is 4.29.